The van der Waals surface area contributed by atoms with Crippen LogP contribution in [0.15, 0.2) is 47.6 Å². The summed E-state index contributed by atoms with van der Waals surface area (Å²) in [5.74, 6) is -1.52. The summed E-state index contributed by atoms with van der Waals surface area (Å²) >= 11 is 0. The second-order valence-electron chi connectivity index (χ2n) is 11.9. The third kappa shape index (κ3) is 5.13. The summed E-state index contributed by atoms with van der Waals surface area (Å²) in [6.07, 6.45) is 13.8. The number of fused-ring (bicyclic) bond motifs is 2. The minimum Gasteiger partial charge on any atom is -0.462 e. The summed E-state index contributed by atoms with van der Waals surface area (Å²) in [5.41, 5.74) is -0.497. The predicted octanol–water partition coefficient (Wildman–Crippen LogP) is 4.14. The van der Waals surface area contributed by atoms with E-state index in [4.69, 9.17) is 18.9 Å². The molecule has 1 aliphatic carbocycles. The summed E-state index contributed by atoms with van der Waals surface area (Å²) < 4.78 is 25.1. The molecule has 2 bridgehead atoms. The van der Waals surface area contributed by atoms with Crippen molar-refractivity contribution in [2.75, 3.05) is 6.61 Å². The molecular formula is C30H42O7. The second-order valence-corrected chi connectivity index (χ2v) is 11.9. The largest absolute Gasteiger partial charge is 0.462 e. The number of allylic oxidation sites excluding steroid dienone is 4. The first-order chi connectivity index (χ1) is 17.6. The van der Waals surface area contributed by atoms with Crippen molar-refractivity contribution in [2.24, 2.45) is 17.8 Å². The molecule has 7 heteroatoms. The zero-order valence-corrected chi connectivity index (χ0v) is 22.5. The van der Waals surface area contributed by atoms with Crippen molar-refractivity contribution in [1.82, 2.24) is 0 Å². The Balaban J connectivity index is 1.49. The van der Waals surface area contributed by atoms with E-state index in [2.05, 4.69) is 39.0 Å². The summed E-state index contributed by atoms with van der Waals surface area (Å²) in [5, 5.41) is 22.8. The molecule has 5 rings (SSSR count). The van der Waals surface area contributed by atoms with Gasteiger partial charge in [-0.1, -0.05) is 50.3 Å². The van der Waals surface area contributed by atoms with Crippen LogP contribution in [0.1, 0.15) is 66.2 Å². The maximum Gasteiger partial charge on any atom is 0.316 e. The molecule has 0 amide bonds. The molecule has 1 unspecified atom stereocenters. The first-order valence-electron chi connectivity index (χ1n) is 13.9. The molecule has 7 nitrogen and oxygen atoms in total. The molecule has 37 heavy (non-hydrogen) atoms. The van der Waals surface area contributed by atoms with Crippen molar-refractivity contribution in [3.05, 3.63) is 47.6 Å². The SMILES string of the molecule is CC1=C[C@H]2C(=O)O[C@H]3C[C@@H](C/C=C/C[C@@H](C)/C=C/C=C4\CO[C@H]([C@@H]1O)[C@]42O)O[C@@]1(CC[C@H](C)C(C)O1)C3. The number of carbonyl (C=O) groups excluding carboxylic acids is 1. The number of hydrogen-bond donors (Lipinski definition) is 2. The lowest BCUT2D eigenvalue weighted by atomic mass is 9.71. The summed E-state index contributed by atoms with van der Waals surface area (Å²) in [4.78, 5) is 13.8. The van der Waals surface area contributed by atoms with Gasteiger partial charge in [-0.25, -0.2) is 0 Å². The van der Waals surface area contributed by atoms with Gasteiger partial charge in [-0.15, -0.1) is 0 Å². The van der Waals surface area contributed by atoms with Gasteiger partial charge in [0.1, 0.15) is 29.8 Å². The Bertz CT molecular complexity index is 998. The highest BCUT2D eigenvalue weighted by Gasteiger charge is 2.60. The van der Waals surface area contributed by atoms with Crippen molar-refractivity contribution >= 4 is 5.97 Å². The number of aliphatic hydroxyl groups is 2. The van der Waals surface area contributed by atoms with E-state index in [1.165, 1.54) is 0 Å². The van der Waals surface area contributed by atoms with Crippen LogP contribution < -0.4 is 0 Å². The topological polar surface area (TPSA) is 94.5 Å². The van der Waals surface area contributed by atoms with Gasteiger partial charge in [0, 0.05) is 19.3 Å². The maximum atomic E-state index is 13.8. The van der Waals surface area contributed by atoms with Crippen molar-refractivity contribution in [3.63, 3.8) is 0 Å². The van der Waals surface area contributed by atoms with Crippen LogP contribution in [0.4, 0.5) is 0 Å². The molecule has 3 saturated heterocycles. The predicted molar refractivity (Wildman–Crippen MR) is 138 cm³/mol. The van der Waals surface area contributed by atoms with Gasteiger partial charge in [0.05, 0.1) is 18.8 Å². The first kappa shape index (κ1) is 26.8. The number of hydrogen-bond acceptors (Lipinski definition) is 7. The summed E-state index contributed by atoms with van der Waals surface area (Å²) in [6, 6.07) is 0. The molecule has 0 aromatic heterocycles. The highest BCUT2D eigenvalue weighted by atomic mass is 16.7. The lowest BCUT2D eigenvalue weighted by molar-refractivity contribution is -0.332. The monoisotopic (exact) mass is 514 g/mol. The fraction of sp³-hybridized carbons (Fsp3) is 0.700. The molecule has 1 spiro atoms. The number of rotatable bonds is 0. The summed E-state index contributed by atoms with van der Waals surface area (Å²) in [6.45, 7) is 8.32. The second kappa shape index (κ2) is 10.4. The Morgan fingerprint density at radius 3 is 2.65 bits per heavy atom. The Hall–Kier alpha value is -1.77. The van der Waals surface area contributed by atoms with Crippen LogP contribution in [0.25, 0.3) is 0 Å². The summed E-state index contributed by atoms with van der Waals surface area (Å²) in [7, 11) is 0. The van der Waals surface area contributed by atoms with E-state index < -0.39 is 41.6 Å². The van der Waals surface area contributed by atoms with Gasteiger partial charge in [-0.2, -0.15) is 0 Å². The molecule has 4 aliphatic heterocycles. The van der Waals surface area contributed by atoms with E-state index in [0.29, 0.717) is 35.8 Å². The van der Waals surface area contributed by atoms with E-state index in [9.17, 15) is 15.0 Å². The van der Waals surface area contributed by atoms with Crippen LogP contribution in [0.2, 0.25) is 0 Å². The van der Waals surface area contributed by atoms with Gasteiger partial charge >= 0.3 is 5.97 Å². The van der Waals surface area contributed by atoms with E-state index in [1.807, 2.05) is 12.2 Å². The molecule has 3 fully saturated rings. The van der Waals surface area contributed by atoms with Crippen LogP contribution in [0.3, 0.4) is 0 Å². The Kier molecular flexibility index (Phi) is 7.55. The first-order valence-corrected chi connectivity index (χ1v) is 13.9. The fourth-order valence-electron chi connectivity index (χ4n) is 6.50. The standard InChI is InChI=1S/C30H42O7/c1-18-8-5-6-11-23-15-24(16-29(37-23)13-12-19(2)21(4)36-29)35-28(32)25-14-20(3)26(31)27-30(25,33)22(17-34-27)10-7-9-18/h5-7,9-10,14,18-19,21,23-27,31,33H,8,11-13,15-17H2,1-4H3/b6-5+,9-7+,22-10+/t18-,19+,21?,23-,24+,25+,26-,27-,29+,30+/m1/s1. The third-order valence-corrected chi connectivity index (χ3v) is 9.00. The average Bonchev–Trinajstić information content (AvgIpc) is 3.18. The maximum absolute atomic E-state index is 13.8. The Morgan fingerprint density at radius 1 is 1.08 bits per heavy atom. The third-order valence-electron chi connectivity index (χ3n) is 9.00. The van der Waals surface area contributed by atoms with Crippen molar-refractivity contribution in [1.29, 1.82) is 0 Å². The molecule has 204 valence electrons. The number of carbonyl (C=O) groups is 1. The average molecular weight is 515 g/mol. The van der Waals surface area contributed by atoms with Crippen molar-refractivity contribution in [3.8, 4) is 0 Å². The molecular weight excluding hydrogens is 472 g/mol. The number of ether oxygens (including phenoxy) is 4. The minimum atomic E-state index is -1.67. The van der Waals surface area contributed by atoms with Crippen LogP contribution in [0.5, 0.6) is 0 Å². The highest BCUT2D eigenvalue weighted by Crippen LogP contribution is 2.47. The smallest absolute Gasteiger partial charge is 0.316 e. The molecule has 0 saturated carbocycles. The normalized spacial score (nSPS) is 49.8. The molecule has 5 aliphatic rings. The molecule has 4 heterocycles. The quantitative estimate of drug-likeness (QED) is 0.371. The Morgan fingerprint density at radius 2 is 1.86 bits per heavy atom. The minimum absolute atomic E-state index is 0.0557. The van der Waals surface area contributed by atoms with Gasteiger partial charge < -0.3 is 29.2 Å². The molecule has 0 aromatic carbocycles. The van der Waals surface area contributed by atoms with Gasteiger partial charge in [0.15, 0.2) is 5.79 Å². The number of aliphatic hydroxyl groups excluding tert-OH is 1. The molecule has 0 aromatic rings. The van der Waals surface area contributed by atoms with Crippen molar-refractivity contribution in [2.45, 2.75) is 108 Å². The van der Waals surface area contributed by atoms with Crippen molar-refractivity contribution < 1.29 is 34.0 Å². The zero-order valence-electron chi connectivity index (χ0n) is 22.5. The van der Waals surface area contributed by atoms with Crippen LogP contribution in [-0.4, -0.2) is 64.7 Å². The van der Waals surface area contributed by atoms with Gasteiger partial charge in [0.25, 0.3) is 0 Å². The van der Waals surface area contributed by atoms with Crippen LogP contribution >= 0.6 is 0 Å². The molecule has 0 radical (unpaired) electrons. The fourth-order valence-corrected chi connectivity index (χ4v) is 6.50. The van der Waals surface area contributed by atoms with Gasteiger partial charge in [-0.05, 0) is 56.1 Å². The molecule has 10 atom stereocenters. The zero-order chi connectivity index (χ0) is 26.4. The van der Waals surface area contributed by atoms with Crippen LogP contribution in [-0.2, 0) is 23.7 Å². The highest BCUT2D eigenvalue weighted by molar-refractivity contribution is 5.78. The van der Waals surface area contributed by atoms with E-state index >= 15 is 0 Å². The molecule has 2 N–H and O–H groups in total. The van der Waals surface area contributed by atoms with E-state index in [1.54, 1.807) is 13.0 Å². The lowest BCUT2D eigenvalue weighted by Crippen LogP contribution is -2.58. The number of esters is 1. The van der Waals surface area contributed by atoms with Crippen LogP contribution in [0, 0.1) is 17.8 Å². The van der Waals surface area contributed by atoms with E-state index in [-0.39, 0.29) is 18.8 Å². The van der Waals surface area contributed by atoms with E-state index in [0.717, 1.165) is 25.7 Å². The Labute approximate surface area is 220 Å². The van der Waals surface area contributed by atoms with Gasteiger partial charge in [0.2, 0.25) is 0 Å². The lowest BCUT2D eigenvalue weighted by Gasteiger charge is -2.49. The van der Waals surface area contributed by atoms with Gasteiger partial charge in [-0.3, -0.25) is 4.79 Å².